The van der Waals surface area contributed by atoms with Gasteiger partial charge >= 0.3 is 5.91 Å². The Morgan fingerprint density at radius 1 is 1.26 bits per heavy atom. The van der Waals surface area contributed by atoms with Crippen LogP contribution < -0.4 is 9.47 Å². The zero-order valence-electron chi connectivity index (χ0n) is 17.7. The van der Waals surface area contributed by atoms with E-state index in [1.807, 2.05) is 13.0 Å². The fourth-order valence-corrected chi connectivity index (χ4v) is 5.21. The van der Waals surface area contributed by atoms with Crippen molar-refractivity contribution in [3.8, 4) is 11.5 Å². The second kappa shape index (κ2) is 7.51. The smallest absolute Gasteiger partial charge is 0.301 e. The van der Waals surface area contributed by atoms with Crippen LogP contribution in [0.2, 0.25) is 0 Å². The van der Waals surface area contributed by atoms with Gasteiger partial charge in [0.05, 0.1) is 25.0 Å². The third-order valence-corrected chi connectivity index (χ3v) is 6.76. The Bertz CT molecular complexity index is 1050. The number of hydrogen-bond acceptors (Lipinski definition) is 7. The van der Waals surface area contributed by atoms with Crippen LogP contribution in [0, 0.1) is 5.92 Å². The quantitative estimate of drug-likeness (QED) is 0.737. The molecule has 1 saturated heterocycles. The maximum atomic E-state index is 13.4. The lowest BCUT2D eigenvalue weighted by molar-refractivity contribution is -0.118. The first kappa shape index (κ1) is 20.3. The van der Waals surface area contributed by atoms with Gasteiger partial charge < -0.3 is 29.0 Å². The first-order chi connectivity index (χ1) is 15.0. The number of carbonyl (C=O) groups is 2. The van der Waals surface area contributed by atoms with E-state index in [9.17, 15) is 14.7 Å². The van der Waals surface area contributed by atoms with E-state index >= 15 is 0 Å². The van der Waals surface area contributed by atoms with Gasteiger partial charge in [0.2, 0.25) is 6.41 Å². The molecule has 9 nitrogen and oxygen atoms in total. The molecule has 5 atom stereocenters. The number of benzene rings is 1. The molecule has 1 fully saturated rings. The monoisotopic (exact) mass is 430 g/mol. The summed E-state index contributed by atoms with van der Waals surface area (Å²) in [5, 5.41) is 11.7. The zero-order chi connectivity index (χ0) is 21.9. The second-order valence-electron chi connectivity index (χ2n) is 8.31. The van der Waals surface area contributed by atoms with Crippen LogP contribution >= 0.6 is 0 Å². The molecule has 1 aromatic heterocycles. The van der Waals surface area contributed by atoms with E-state index in [2.05, 4.69) is 0 Å². The van der Waals surface area contributed by atoms with Crippen LogP contribution in [-0.4, -0.2) is 72.7 Å². The number of aliphatic hydroxyl groups is 1. The standard InChI is InChI=1S/C22H26N2O7/c1-11-18(26)14-7-9-23(10-25)8-6-13-12-4-5-15(28-2)20-17(12)24(16(13)19(14)30-11)21(27)22(29-3)31-20/h4-5,10-11,14,18-19,22,26H,6-9H2,1-3H3/t11-,14+,18-,19-,22+/m1/s1. The van der Waals surface area contributed by atoms with Crippen molar-refractivity contribution in [3.63, 3.8) is 0 Å². The molecule has 0 radical (unpaired) electrons. The highest BCUT2D eigenvalue weighted by Crippen LogP contribution is 2.49. The normalized spacial score (nSPS) is 30.1. The van der Waals surface area contributed by atoms with Gasteiger partial charge in [-0.3, -0.25) is 14.2 Å². The van der Waals surface area contributed by atoms with Crippen molar-refractivity contribution in [2.45, 2.75) is 44.4 Å². The maximum Gasteiger partial charge on any atom is 0.301 e. The van der Waals surface area contributed by atoms with Crippen LogP contribution in [0.4, 0.5) is 0 Å². The summed E-state index contributed by atoms with van der Waals surface area (Å²) in [6, 6.07) is 3.71. The minimum absolute atomic E-state index is 0.253. The molecule has 3 aliphatic heterocycles. The van der Waals surface area contributed by atoms with Gasteiger partial charge in [0.25, 0.3) is 6.29 Å². The molecular formula is C22H26N2O7. The van der Waals surface area contributed by atoms with E-state index in [0.717, 1.165) is 17.4 Å². The van der Waals surface area contributed by atoms with Crippen LogP contribution in [0.1, 0.15) is 35.5 Å². The lowest BCUT2D eigenvalue weighted by Crippen LogP contribution is -2.38. The first-order valence-corrected chi connectivity index (χ1v) is 10.5. The minimum Gasteiger partial charge on any atom is -0.493 e. The van der Waals surface area contributed by atoms with E-state index in [4.69, 9.17) is 18.9 Å². The Balaban J connectivity index is 1.81. The molecule has 5 rings (SSSR count). The molecular weight excluding hydrogens is 404 g/mol. The van der Waals surface area contributed by atoms with Gasteiger partial charge in [0, 0.05) is 31.5 Å². The number of rotatable bonds is 3. The van der Waals surface area contributed by atoms with Crippen molar-refractivity contribution < 1.29 is 33.6 Å². The number of ether oxygens (including phenoxy) is 4. The summed E-state index contributed by atoms with van der Waals surface area (Å²) in [7, 11) is 2.96. The highest BCUT2D eigenvalue weighted by atomic mass is 16.7. The van der Waals surface area contributed by atoms with Gasteiger partial charge in [-0.25, -0.2) is 0 Å². The average Bonchev–Trinajstić information content (AvgIpc) is 3.27. The summed E-state index contributed by atoms with van der Waals surface area (Å²) in [5.74, 6) is 0.332. The molecule has 4 heterocycles. The maximum absolute atomic E-state index is 13.4. The van der Waals surface area contributed by atoms with Gasteiger partial charge in [-0.15, -0.1) is 0 Å². The molecule has 0 spiro atoms. The SMILES string of the molecule is COc1ccc2c3c(n4c2c1O[C@H](OC)C4=O)[C@@H]1O[C@H](C)[C@@H](O)[C@@H]1CCN(C=O)CC3. The molecule has 2 aromatic rings. The summed E-state index contributed by atoms with van der Waals surface area (Å²) >= 11 is 0. The lowest BCUT2D eigenvalue weighted by Gasteiger charge is -2.28. The molecule has 31 heavy (non-hydrogen) atoms. The molecule has 1 amide bonds. The highest BCUT2D eigenvalue weighted by Gasteiger charge is 2.47. The third kappa shape index (κ3) is 2.87. The molecule has 1 aromatic carbocycles. The van der Waals surface area contributed by atoms with Crippen molar-refractivity contribution in [2.24, 2.45) is 5.92 Å². The van der Waals surface area contributed by atoms with E-state index in [1.54, 1.807) is 22.6 Å². The number of carbonyl (C=O) groups excluding carboxylic acids is 2. The fraction of sp³-hybridized carbons (Fsp3) is 0.545. The Hall–Kier alpha value is -2.62. The van der Waals surface area contributed by atoms with Crippen LogP contribution in [0.3, 0.4) is 0 Å². The number of nitrogens with zero attached hydrogens (tertiary/aromatic N) is 2. The Morgan fingerprint density at radius 3 is 2.77 bits per heavy atom. The van der Waals surface area contributed by atoms with Crippen molar-refractivity contribution in [3.05, 3.63) is 23.4 Å². The van der Waals surface area contributed by atoms with E-state index < -0.39 is 18.5 Å². The molecule has 9 heteroatoms. The zero-order valence-corrected chi connectivity index (χ0v) is 17.7. The summed E-state index contributed by atoms with van der Waals surface area (Å²) in [4.78, 5) is 26.7. The Morgan fingerprint density at radius 2 is 2.06 bits per heavy atom. The molecule has 0 unspecified atom stereocenters. The summed E-state index contributed by atoms with van der Waals surface area (Å²) in [5.41, 5.74) is 2.23. The number of amides is 1. The van der Waals surface area contributed by atoms with E-state index in [1.165, 1.54) is 7.11 Å². The van der Waals surface area contributed by atoms with Gasteiger partial charge in [-0.1, -0.05) is 0 Å². The number of fused-ring (bicyclic) bond motifs is 5. The number of aliphatic hydroxyl groups excluding tert-OH is 1. The molecule has 1 N–H and O–H groups in total. The number of aromatic nitrogens is 1. The Labute approximate surface area is 179 Å². The lowest BCUT2D eigenvalue weighted by atomic mass is 9.90. The number of hydrogen-bond donors (Lipinski definition) is 1. The summed E-state index contributed by atoms with van der Waals surface area (Å²) < 4.78 is 24.5. The van der Waals surface area contributed by atoms with Crippen molar-refractivity contribution in [2.75, 3.05) is 27.3 Å². The van der Waals surface area contributed by atoms with Crippen LogP contribution in [-0.2, 0) is 20.7 Å². The van der Waals surface area contributed by atoms with Crippen molar-refractivity contribution >= 4 is 23.2 Å². The van der Waals surface area contributed by atoms with Crippen LogP contribution in [0.25, 0.3) is 10.9 Å². The average molecular weight is 430 g/mol. The molecule has 3 aliphatic rings. The first-order valence-electron chi connectivity index (χ1n) is 10.5. The highest BCUT2D eigenvalue weighted by molar-refractivity contribution is 6.03. The van der Waals surface area contributed by atoms with Gasteiger partial charge in [-0.05, 0) is 37.5 Å². The second-order valence-corrected chi connectivity index (χ2v) is 8.31. The van der Waals surface area contributed by atoms with Crippen molar-refractivity contribution in [1.29, 1.82) is 0 Å². The predicted molar refractivity (Wildman–Crippen MR) is 109 cm³/mol. The van der Waals surface area contributed by atoms with E-state index in [0.29, 0.717) is 48.6 Å². The van der Waals surface area contributed by atoms with E-state index in [-0.39, 0.29) is 17.9 Å². The van der Waals surface area contributed by atoms with Gasteiger partial charge in [0.1, 0.15) is 11.6 Å². The summed E-state index contributed by atoms with van der Waals surface area (Å²) in [6.07, 6.45) is -0.734. The Kier molecular flexibility index (Phi) is 4.91. The van der Waals surface area contributed by atoms with Crippen molar-refractivity contribution in [1.82, 2.24) is 9.47 Å². The molecule has 166 valence electrons. The molecule has 0 saturated carbocycles. The molecule has 0 bridgehead atoms. The third-order valence-electron chi connectivity index (χ3n) is 6.76. The van der Waals surface area contributed by atoms with Crippen LogP contribution in [0.15, 0.2) is 12.1 Å². The minimum atomic E-state index is -1.12. The predicted octanol–water partition coefficient (Wildman–Crippen LogP) is 1.50. The topological polar surface area (TPSA) is 99.5 Å². The van der Waals surface area contributed by atoms with Gasteiger partial charge in [0.15, 0.2) is 11.5 Å². The number of methoxy groups -OCH3 is 2. The van der Waals surface area contributed by atoms with Gasteiger partial charge in [-0.2, -0.15) is 0 Å². The molecule has 0 aliphatic carbocycles. The largest absolute Gasteiger partial charge is 0.493 e. The van der Waals surface area contributed by atoms with Crippen LogP contribution in [0.5, 0.6) is 11.5 Å². The fourth-order valence-electron chi connectivity index (χ4n) is 5.21. The summed E-state index contributed by atoms with van der Waals surface area (Å²) in [6.45, 7) is 2.86.